The molecule has 1 aromatic rings. The summed E-state index contributed by atoms with van der Waals surface area (Å²) in [5.74, 6) is 0.785. The van der Waals surface area contributed by atoms with Crippen LogP contribution in [0.3, 0.4) is 0 Å². The second-order valence-electron chi connectivity index (χ2n) is 4.92. The molecule has 2 rings (SSSR count). The van der Waals surface area contributed by atoms with Gasteiger partial charge in [0.2, 0.25) is 0 Å². The van der Waals surface area contributed by atoms with E-state index in [4.69, 9.17) is 27.9 Å². The summed E-state index contributed by atoms with van der Waals surface area (Å²) in [5, 5.41) is 1.10. The minimum Gasteiger partial charge on any atom is -0.493 e. The largest absolute Gasteiger partial charge is 0.493 e. The maximum Gasteiger partial charge on any atom is 0.120 e. The van der Waals surface area contributed by atoms with E-state index in [-0.39, 0.29) is 17.0 Å². The standard InChI is InChI=1S/C14H20Cl2N2O.BrH/c1-17-6-8-18(9-7-17)5-2-10-19-12-3-4-13(15)14(16)11-12;/h3-4,11H,2,5-10H2,1H3;1H. The van der Waals surface area contributed by atoms with Crippen molar-refractivity contribution in [2.45, 2.75) is 6.42 Å². The van der Waals surface area contributed by atoms with Crippen molar-refractivity contribution in [2.24, 2.45) is 0 Å². The zero-order valence-electron chi connectivity index (χ0n) is 11.6. The third-order valence-corrected chi connectivity index (χ3v) is 4.11. The second-order valence-corrected chi connectivity index (χ2v) is 5.74. The summed E-state index contributed by atoms with van der Waals surface area (Å²) in [6, 6.07) is 5.38. The Morgan fingerprint density at radius 2 is 1.80 bits per heavy atom. The molecule has 0 unspecified atom stereocenters. The van der Waals surface area contributed by atoms with Gasteiger partial charge >= 0.3 is 0 Å². The molecule has 3 nitrogen and oxygen atoms in total. The number of ether oxygens (including phenoxy) is 1. The van der Waals surface area contributed by atoms with E-state index in [1.807, 2.05) is 6.07 Å². The van der Waals surface area contributed by atoms with Crippen LogP contribution in [0.25, 0.3) is 0 Å². The van der Waals surface area contributed by atoms with E-state index < -0.39 is 0 Å². The van der Waals surface area contributed by atoms with Gasteiger partial charge in [-0.3, -0.25) is 0 Å². The smallest absolute Gasteiger partial charge is 0.120 e. The fourth-order valence-electron chi connectivity index (χ4n) is 2.12. The molecule has 0 radical (unpaired) electrons. The summed E-state index contributed by atoms with van der Waals surface area (Å²) in [6.07, 6.45) is 1.03. The van der Waals surface area contributed by atoms with Gasteiger partial charge in [0.15, 0.2) is 0 Å². The summed E-state index contributed by atoms with van der Waals surface area (Å²) < 4.78 is 5.67. The van der Waals surface area contributed by atoms with Crippen LogP contribution in [0.5, 0.6) is 5.75 Å². The van der Waals surface area contributed by atoms with Gasteiger partial charge in [0.05, 0.1) is 16.7 Å². The van der Waals surface area contributed by atoms with Crippen LogP contribution < -0.4 is 4.74 Å². The summed E-state index contributed by atoms with van der Waals surface area (Å²) in [4.78, 5) is 4.85. The van der Waals surface area contributed by atoms with Gasteiger partial charge in [0, 0.05) is 38.8 Å². The van der Waals surface area contributed by atoms with Crippen molar-refractivity contribution in [2.75, 3.05) is 46.4 Å². The Bertz CT molecular complexity index is 412. The summed E-state index contributed by atoms with van der Waals surface area (Å²) in [5.41, 5.74) is 0. The number of benzene rings is 1. The van der Waals surface area contributed by atoms with E-state index in [0.29, 0.717) is 16.7 Å². The lowest BCUT2D eigenvalue weighted by Gasteiger charge is -2.32. The molecule has 114 valence electrons. The topological polar surface area (TPSA) is 15.7 Å². The van der Waals surface area contributed by atoms with Gasteiger partial charge in [0.1, 0.15) is 5.75 Å². The maximum atomic E-state index is 5.94. The molecule has 0 saturated carbocycles. The van der Waals surface area contributed by atoms with Crippen molar-refractivity contribution in [1.29, 1.82) is 0 Å². The average Bonchev–Trinajstić information content (AvgIpc) is 2.41. The van der Waals surface area contributed by atoms with Crippen LogP contribution in [0.15, 0.2) is 18.2 Å². The Morgan fingerprint density at radius 1 is 1.10 bits per heavy atom. The zero-order chi connectivity index (χ0) is 13.7. The van der Waals surface area contributed by atoms with Crippen LogP contribution in [0.2, 0.25) is 10.0 Å². The van der Waals surface area contributed by atoms with Crippen molar-refractivity contribution < 1.29 is 4.74 Å². The van der Waals surface area contributed by atoms with Crippen LogP contribution in [0, 0.1) is 0 Å². The SMILES string of the molecule is Br.CN1CCN(CCCOc2ccc(Cl)c(Cl)c2)CC1. The van der Waals surface area contributed by atoms with Crippen LogP contribution in [-0.4, -0.2) is 56.2 Å². The third-order valence-electron chi connectivity index (χ3n) is 3.37. The lowest BCUT2D eigenvalue weighted by atomic mass is 10.3. The van der Waals surface area contributed by atoms with Gasteiger partial charge in [-0.25, -0.2) is 0 Å². The molecule has 0 aromatic heterocycles. The molecular weight excluding hydrogens is 363 g/mol. The molecular formula is C14H21BrCl2N2O. The molecule has 1 aliphatic heterocycles. The molecule has 0 N–H and O–H groups in total. The normalized spacial score (nSPS) is 16.8. The van der Waals surface area contributed by atoms with Crippen LogP contribution in [0.4, 0.5) is 0 Å². The number of nitrogens with zero attached hydrogens (tertiary/aromatic N) is 2. The third kappa shape index (κ3) is 5.78. The van der Waals surface area contributed by atoms with Gasteiger partial charge in [-0.05, 0) is 25.6 Å². The molecule has 0 aliphatic carbocycles. The fraction of sp³-hybridized carbons (Fsp3) is 0.571. The second kappa shape index (κ2) is 9.11. The molecule has 0 atom stereocenters. The molecule has 1 fully saturated rings. The van der Waals surface area contributed by atoms with Crippen LogP contribution in [0.1, 0.15) is 6.42 Å². The monoisotopic (exact) mass is 382 g/mol. The first kappa shape index (κ1) is 18.1. The molecule has 6 heteroatoms. The number of hydrogen-bond donors (Lipinski definition) is 0. The first-order chi connectivity index (χ1) is 9.15. The van der Waals surface area contributed by atoms with Gasteiger partial charge in [-0.15, -0.1) is 17.0 Å². The molecule has 1 aromatic carbocycles. The molecule has 1 saturated heterocycles. The van der Waals surface area contributed by atoms with Crippen molar-refractivity contribution in [3.8, 4) is 5.75 Å². The number of likely N-dealkylation sites (N-methyl/N-ethyl adjacent to an activating group) is 1. The van der Waals surface area contributed by atoms with E-state index in [1.165, 1.54) is 0 Å². The highest BCUT2D eigenvalue weighted by atomic mass is 79.9. The highest BCUT2D eigenvalue weighted by molar-refractivity contribution is 8.93. The van der Waals surface area contributed by atoms with E-state index in [2.05, 4.69) is 16.8 Å². The molecule has 20 heavy (non-hydrogen) atoms. The maximum absolute atomic E-state index is 5.94. The number of hydrogen-bond acceptors (Lipinski definition) is 3. The zero-order valence-corrected chi connectivity index (χ0v) is 14.9. The summed E-state index contributed by atoms with van der Waals surface area (Å²) in [7, 11) is 2.17. The molecule has 1 aliphatic rings. The average molecular weight is 384 g/mol. The Hall–Kier alpha value is -0.0000000000000000555. The molecule has 0 amide bonds. The Morgan fingerprint density at radius 3 is 2.45 bits per heavy atom. The lowest BCUT2D eigenvalue weighted by molar-refractivity contribution is 0.145. The van der Waals surface area contributed by atoms with Crippen LogP contribution >= 0.6 is 40.2 Å². The van der Waals surface area contributed by atoms with E-state index in [1.54, 1.807) is 12.1 Å². The first-order valence-corrected chi connectivity index (χ1v) is 7.39. The van der Waals surface area contributed by atoms with Gasteiger partial charge in [-0.1, -0.05) is 23.2 Å². The highest BCUT2D eigenvalue weighted by Crippen LogP contribution is 2.26. The van der Waals surface area contributed by atoms with Crippen molar-refractivity contribution in [3.05, 3.63) is 28.2 Å². The Balaban J connectivity index is 0.00000200. The minimum atomic E-state index is 0. The molecule has 1 heterocycles. The highest BCUT2D eigenvalue weighted by Gasteiger charge is 2.12. The summed E-state index contributed by atoms with van der Waals surface area (Å²) >= 11 is 11.8. The Labute approximate surface area is 141 Å². The molecule has 0 spiro atoms. The van der Waals surface area contributed by atoms with E-state index >= 15 is 0 Å². The Kier molecular flexibility index (Phi) is 8.22. The number of halogens is 3. The van der Waals surface area contributed by atoms with Gasteiger partial charge < -0.3 is 14.5 Å². The number of rotatable bonds is 5. The van der Waals surface area contributed by atoms with Gasteiger partial charge in [0.25, 0.3) is 0 Å². The minimum absolute atomic E-state index is 0. The van der Waals surface area contributed by atoms with Crippen molar-refractivity contribution >= 4 is 40.2 Å². The number of piperazine rings is 1. The first-order valence-electron chi connectivity index (χ1n) is 6.64. The predicted octanol–water partition coefficient (Wildman–Crippen LogP) is 3.59. The predicted molar refractivity (Wildman–Crippen MR) is 90.8 cm³/mol. The fourth-order valence-corrected chi connectivity index (χ4v) is 2.40. The van der Waals surface area contributed by atoms with Crippen molar-refractivity contribution in [3.63, 3.8) is 0 Å². The quantitative estimate of drug-likeness (QED) is 0.722. The van der Waals surface area contributed by atoms with Crippen molar-refractivity contribution in [1.82, 2.24) is 9.80 Å². The van der Waals surface area contributed by atoms with Crippen LogP contribution in [-0.2, 0) is 0 Å². The van der Waals surface area contributed by atoms with E-state index in [0.717, 1.165) is 44.9 Å². The molecule has 0 bridgehead atoms. The summed E-state index contributed by atoms with van der Waals surface area (Å²) in [6.45, 7) is 6.44. The lowest BCUT2D eigenvalue weighted by Crippen LogP contribution is -2.44. The van der Waals surface area contributed by atoms with Gasteiger partial charge in [-0.2, -0.15) is 0 Å². The van der Waals surface area contributed by atoms with E-state index in [9.17, 15) is 0 Å².